The summed E-state index contributed by atoms with van der Waals surface area (Å²) in [6, 6.07) is 13.6. The topological polar surface area (TPSA) is 137 Å². The van der Waals surface area contributed by atoms with E-state index in [-0.39, 0.29) is 23.6 Å². The first-order valence-electron chi connectivity index (χ1n) is 13.7. The summed E-state index contributed by atoms with van der Waals surface area (Å²) in [5.41, 5.74) is 1.17. The average Bonchev–Trinajstić information content (AvgIpc) is 3.61. The van der Waals surface area contributed by atoms with E-state index in [0.717, 1.165) is 21.4 Å². The van der Waals surface area contributed by atoms with Gasteiger partial charge in [0.2, 0.25) is 5.91 Å². The maximum atomic E-state index is 13.8. The van der Waals surface area contributed by atoms with Gasteiger partial charge in [0.25, 0.3) is 10.0 Å². The van der Waals surface area contributed by atoms with Gasteiger partial charge in [-0.25, -0.2) is 27.0 Å². The Morgan fingerprint density at radius 1 is 1.07 bits per heavy atom. The summed E-state index contributed by atoms with van der Waals surface area (Å²) in [5, 5.41) is 2.60. The lowest BCUT2D eigenvalue weighted by molar-refractivity contribution is -0.155. The Bertz CT molecular complexity index is 1510. The number of alkyl carbamates (subject to hydrolysis) is 1. The Labute approximate surface area is 245 Å². The molecule has 224 valence electrons. The first-order valence-corrected chi connectivity index (χ1v) is 15.1. The van der Waals surface area contributed by atoms with Crippen LogP contribution in [0.25, 0.3) is 0 Å². The normalized spacial score (nSPS) is 16.1. The fraction of sp³-hybridized carbons (Fsp3) is 0.400. The zero-order chi connectivity index (χ0) is 30.5. The minimum Gasteiger partial charge on any atom is -0.459 e. The zero-order valence-electron chi connectivity index (χ0n) is 24.1. The molecular formula is C30H36N4O7S. The van der Waals surface area contributed by atoms with E-state index in [1.165, 1.54) is 23.2 Å². The molecular weight excluding hydrogens is 560 g/mol. The molecule has 2 amide bonds. The minimum absolute atomic E-state index is 0.0741. The van der Waals surface area contributed by atoms with Crippen LogP contribution in [-0.2, 0) is 42.1 Å². The highest BCUT2D eigenvalue weighted by Crippen LogP contribution is 2.22. The number of esters is 1. The second-order valence-corrected chi connectivity index (χ2v) is 13.0. The smallest absolute Gasteiger partial charge is 0.408 e. The first kappa shape index (κ1) is 30.8. The summed E-state index contributed by atoms with van der Waals surface area (Å²) in [5.74, 6) is -1.05. The second-order valence-electron chi connectivity index (χ2n) is 11.2. The highest BCUT2D eigenvalue weighted by atomic mass is 32.2. The number of aryl methyl sites for hydroxylation is 1. The molecule has 1 aliphatic heterocycles. The molecule has 0 bridgehead atoms. The lowest BCUT2D eigenvalue weighted by Crippen LogP contribution is -2.53. The van der Waals surface area contributed by atoms with Crippen LogP contribution >= 0.6 is 0 Å². The zero-order valence-corrected chi connectivity index (χ0v) is 25.0. The number of benzene rings is 2. The van der Waals surface area contributed by atoms with Gasteiger partial charge in [-0.2, -0.15) is 0 Å². The molecule has 42 heavy (non-hydrogen) atoms. The Kier molecular flexibility index (Phi) is 9.35. The van der Waals surface area contributed by atoms with Gasteiger partial charge >= 0.3 is 12.1 Å². The van der Waals surface area contributed by atoms with Crippen LogP contribution in [0.4, 0.5) is 4.79 Å². The molecule has 1 fully saturated rings. The van der Waals surface area contributed by atoms with E-state index in [9.17, 15) is 22.8 Å². The highest BCUT2D eigenvalue weighted by molar-refractivity contribution is 7.90. The van der Waals surface area contributed by atoms with Crippen molar-refractivity contribution in [3.05, 3.63) is 83.9 Å². The predicted octanol–water partition coefficient (Wildman–Crippen LogP) is 3.60. The van der Waals surface area contributed by atoms with Crippen LogP contribution in [0.3, 0.4) is 0 Å². The summed E-state index contributed by atoms with van der Waals surface area (Å²) in [4.78, 5) is 45.2. The molecule has 0 radical (unpaired) electrons. The number of aromatic nitrogens is 2. The molecule has 2 atom stereocenters. The van der Waals surface area contributed by atoms with Crippen molar-refractivity contribution < 1.29 is 32.3 Å². The van der Waals surface area contributed by atoms with E-state index in [0.29, 0.717) is 19.4 Å². The van der Waals surface area contributed by atoms with Gasteiger partial charge in [0.1, 0.15) is 30.6 Å². The van der Waals surface area contributed by atoms with Crippen molar-refractivity contribution >= 4 is 28.0 Å². The largest absolute Gasteiger partial charge is 0.459 e. The predicted molar refractivity (Wildman–Crippen MR) is 154 cm³/mol. The van der Waals surface area contributed by atoms with Crippen molar-refractivity contribution in [2.75, 3.05) is 6.54 Å². The van der Waals surface area contributed by atoms with Crippen molar-refractivity contribution in [1.29, 1.82) is 0 Å². The molecule has 0 unspecified atom stereocenters. The summed E-state index contributed by atoms with van der Waals surface area (Å²) >= 11 is 0. The maximum absolute atomic E-state index is 13.8. The SMILES string of the molecule is Cc1ccc(S(=O)(=O)n2cnc(C[C@H](NC(=O)OC(C)(C)C)C(=O)N3CCC[C@H]3C(=O)OCc3ccccc3)c2)cc1. The van der Waals surface area contributed by atoms with Gasteiger partial charge in [-0.3, -0.25) is 4.79 Å². The summed E-state index contributed by atoms with van der Waals surface area (Å²) in [6.07, 6.45) is 2.51. The van der Waals surface area contributed by atoms with Crippen molar-refractivity contribution in [3.63, 3.8) is 0 Å². The molecule has 1 saturated heterocycles. The number of nitrogens with one attached hydrogen (secondary N) is 1. The van der Waals surface area contributed by atoms with Crippen LogP contribution in [-0.4, -0.2) is 64.5 Å². The summed E-state index contributed by atoms with van der Waals surface area (Å²) < 4.78 is 38.1. The number of imidazole rings is 1. The van der Waals surface area contributed by atoms with Crippen LogP contribution in [0.2, 0.25) is 0 Å². The number of carbonyl (C=O) groups excluding carboxylic acids is 3. The summed E-state index contributed by atoms with van der Waals surface area (Å²) in [6.45, 7) is 7.31. The molecule has 2 heterocycles. The number of likely N-dealkylation sites (tertiary alicyclic amines) is 1. The fourth-order valence-electron chi connectivity index (χ4n) is 4.57. The molecule has 12 heteroatoms. The van der Waals surface area contributed by atoms with E-state index < -0.39 is 45.7 Å². The lowest BCUT2D eigenvalue weighted by Gasteiger charge is -2.29. The first-order chi connectivity index (χ1) is 19.8. The quantitative estimate of drug-likeness (QED) is 0.370. The molecule has 1 N–H and O–H groups in total. The van der Waals surface area contributed by atoms with Gasteiger partial charge in [0.15, 0.2) is 0 Å². The van der Waals surface area contributed by atoms with E-state index in [4.69, 9.17) is 9.47 Å². The van der Waals surface area contributed by atoms with Gasteiger partial charge in [-0.1, -0.05) is 48.0 Å². The molecule has 0 spiro atoms. The van der Waals surface area contributed by atoms with Crippen LogP contribution in [0, 0.1) is 6.92 Å². The molecule has 3 aromatic rings. The number of nitrogens with zero attached hydrogens (tertiary/aromatic N) is 3. The monoisotopic (exact) mass is 596 g/mol. The van der Waals surface area contributed by atoms with Crippen LogP contribution < -0.4 is 5.32 Å². The van der Waals surface area contributed by atoms with E-state index in [1.807, 2.05) is 37.3 Å². The molecule has 1 aliphatic rings. The van der Waals surface area contributed by atoms with Gasteiger partial charge in [-0.15, -0.1) is 0 Å². The van der Waals surface area contributed by atoms with E-state index >= 15 is 0 Å². The third-order valence-electron chi connectivity index (χ3n) is 6.64. The third kappa shape index (κ3) is 7.75. The second kappa shape index (κ2) is 12.8. The Morgan fingerprint density at radius 3 is 2.43 bits per heavy atom. The minimum atomic E-state index is -3.92. The maximum Gasteiger partial charge on any atom is 0.408 e. The van der Waals surface area contributed by atoms with E-state index in [2.05, 4.69) is 10.3 Å². The van der Waals surface area contributed by atoms with Crippen molar-refractivity contribution in [2.45, 2.75) is 76.1 Å². The Balaban J connectivity index is 1.53. The van der Waals surface area contributed by atoms with Crippen LogP contribution in [0.5, 0.6) is 0 Å². The molecule has 0 aliphatic carbocycles. The van der Waals surface area contributed by atoms with Crippen molar-refractivity contribution in [2.24, 2.45) is 0 Å². The van der Waals surface area contributed by atoms with Gasteiger partial charge in [0.05, 0.1) is 10.6 Å². The fourth-order valence-corrected chi connectivity index (χ4v) is 5.73. The lowest BCUT2D eigenvalue weighted by atomic mass is 10.1. The van der Waals surface area contributed by atoms with Crippen molar-refractivity contribution in [3.8, 4) is 0 Å². The Morgan fingerprint density at radius 2 is 1.76 bits per heavy atom. The standard InChI is InChI=1S/C30H36N4O7S/c1-21-12-14-24(15-13-21)42(38,39)33-18-23(31-20-33)17-25(32-29(37)41-30(2,3)4)27(35)34-16-8-11-26(34)28(36)40-19-22-9-6-5-7-10-22/h5-7,9-10,12-15,18,20,25-26H,8,11,16-17,19H2,1-4H3,(H,32,37)/t25-,26-/m0/s1. The van der Waals surface area contributed by atoms with Gasteiger partial charge in [0, 0.05) is 19.2 Å². The molecule has 0 saturated carbocycles. The number of carbonyl (C=O) groups is 3. The van der Waals surface area contributed by atoms with Crippen molar-refractivity contribution in [1.82, 2.24) is 19.2 Å². The van der Waals surface area contributed by atoms with Crippen LogP contribution in [0.15, 0.2) is 72.0 Å². The number of ether oxygens (including phenoxy) is 2. The molecule has 4 rings (SSSR count). The molecule has 1 aromatic heterocycles. The van der Waals surface area contributed by atoms with Gasteiger partial charge < -0.3 is 19.7 Å². The number of amides is 2. The number of hydrogen-bond donors (Lipinski definition) is 1. The molecule has 2 aromatic carbocycles. The third-order valence-corrected chi connectivity index (χ3v) is 8.27. The summed E-state index contributed by atoms with van der Waals surface area (Å²) in [7, 11) is -3.92. The van der Waals surface area contributed by atoms with Gasteiger partial charge in [-0.05, 0) is 58.2 Å². The number of rotatable bonds is 9. The number of hydrogen-bond acceptors (Lipinski definition) is 8. The Hall–Kier alpha value is -4.19. The van der Waals surface area contributed by atoms with E-state index in [1.54, 1.807) is 32.9 Å². The average molecular weight is 597 g/mol. The molecule has 11 nitrogen and oxygen atoms in total. The highest BCUT2D eigenvalue weighted by Gasteiger charge is 2.39. The van der Waals surface area contributed by atoms with Crippen LogP contribution in [0.1, 0.15) is 50.4 Å².